The van der Waals surface area contributed by atoms with Crippen molar-refractivity contribution in [2.24, 2.45) is 0 Å². The highest BCUT2D eigenvalue weighted by Gasteiger charge is 2.27. The number of halogens is 2. The van der Waals surface area contributed by atoms with Crippen molar-refractivity contribution in [3.05, 3.63) is 94.5 Å². The van der Waals surface area contributed by atoms with Crippen molar-refractivity contribution in [2.75, 3.05) is 23.1 Å². The lowest BCUT2D eigenvalue weighted by Crippen LogP contribution is -2.41. The fourth-order valence-corrected chi connectivity index (χ4v) is 5.67. The third-order valence-electron chi connectivity index (χ3n) is 4.71. The van der Waals surface area contributed by atoms with E-state index in [2.05, 4.69) is 17.4 Å². The number of rotatable bonds is 11. The maximum Gasteiger partial charge on any atom is 0.264 e. The molecule has 9 heteroatoms. The van der Waals surface area contributed by atoms with Gasteiger partial charge in [0.25, 0.3) is 10.0 Å². The molecule has 5 nitrogen and oxygen atoms in total. The Morgan fingerprint density at radius 2 is 1.58 bits per heavy atom. The normalized spacial score (nSPS) is 11.2. The molecule has 3 aromatic rings. The zero-order valence-corrected chi connectivity index (χ0v) is 20.9. The molecule has 0 aromatic heterocycles. The first-order valence-corrected chi connectivity index (χ1v) is 13.6. The largest absolute Gasteiger partial charge is 0.354 e. The molecule has 1 N–H and O–H groups in total. The summed E-state index contributed by atoms with van der Waals surface area (Å²) >= 11 is 13.9. The van der Waals surface area contributed by atoms with Crippen molar-refractivity contribution in [2.45, 2.75) is 17.1 Å². The standard InChI is InChI=1S/C24H24Cl2N2O3S2/c25-22-13-12-20(16-23(22)26)28(33(30,31)21-10-5-2-6-11-21)17-24(29)27-14-7-15-32-18-19-8-3-1-4-9-19/h1-6,8-13,16H,7,14-15,17-18H2,(H,27,29). The summed E-state index contributed by atoms with van der Waals surface area (Å²) < 4.78 is 27.6. The van der Waals surface area contributed by atoms with E-state index in [0.717, 1.165) is 22.2 Å². The van der Waals surface area contributed by atoms with Crippen LogP contribution in [0.1, 0.15) is 12.0 Å². The molecule has 174 valence electrons. The lowest BCUT2D eigenvalue weighted by Gasteiger charge is -2.24. The van der Waals surface area contributed by atoms with Crippen molar-refractivity contribution < 1.29 is 13.2 Å². The average molecular weight is 524 g/mol. The summed E-state index contributed by atoms with van der Waals surface area (Å²) in [6.45, 7) is 0.0908. The third-order valence-corrected chi connectivity index (χ3v) is 8.35. The third kappa shape index (κ3) is 7.40. The predicted octanol–water partition coefficient (Wildman–Crippen LogP) is 5.63. The lowest BCUT2D eigenvalue weighted by atomic mass is 10.2. The number of hydrogen-bond donors (Lipinski definition) is 1. The molecular weight excluding hydrogens is 499 g/mol. The molecule has 0 atom stereocenters. The fourth-order valence-electron chi connectivity index (χ4n) is 3.03. The summed E-state index contributed by atoms with van der Waals surface area (Å²) in [5, 5.41) is 3.32. The van der Waals surface area contributed by atoms with Crippen molar-refractivity contribution in [1.29, 1.82) is 0 Å². The number of sulfonamides is 1. The Hall–Kier alpha value is -2.19. The summed E-state index contributed by atoms with van der Waals surface area (Å²) in [7, 11) is -3.98. The Balaban J connectivity index is 1.61. The van der Waals surface area contributed by atoms with Crippen LogP contribution in [0.4, 0.5) is 5.69 Å². The van der Waals surface area contributed by atoms with E-state index < -0.39 is 15.9 Å². The van der Waals surface area contributed by atoms with E-state index in [4.69, 9.17) is 23.2 Å². The van der Waals surface area contributed by atoms with E-state index in [9.17, 15) is 13.2 Å². The molecule has 1 amide bonds. The van der Waals surface area contributed by atoms with Crippen LogP contribution in [0, 0.1) is 0 Å². The van der Waals surface area contributed by atoms with Crippen LogP contribution in [0.5, 0.6) is 0 Å². The Morgan fingerprint density at radius 3 is 2.24 bits per heavy atom. The van der Waals surface area contributed by atoms with E-state index >= 15 is 0 Å². The zero-order valence-electron chi connectivity index (χ0n) is 17.8. The predicted molar refractivity (Wildman–Crippen MR) is 138 cm³/mol. The van der Waals surface area contributed by atoms with Gasteiger partial charge in [-0.05, 0) is 48.1 Å². The van der Waals surface area contributed by atoms with Gasteiger partial charge in [-0.3, -0.25) is 9.10 Å². The molecule has 0 bridgehead atoms. The van der Waals surface area contributed by atoms with E-state index in [-0.39, 0.29) is 22.2 Å². The first-order chi connectivity index (χ1) is 15.9. The highest BCUT2D eigenvalue weighted by atomic mass is 35.5. The first kappa shape index (κ1) is 25.4. The maximum atomic E-state index is 13.3. The number of carbonyl (C=O) groups excluding carboxylic acids is 1. The average Bonchev–Trinajstić information content (AvgIpc) is 2.83. The molecule has 3 rings (SSSR count). The van der Waals surface area contributed by atoms with E-state index in [0.29, 0.717) is 11.6 Å². The van der Waals surface area contributed by atoms with Crippen LogP contribution in [0.2, 0.25) is 10.0 Å². The lowest BCUT2D eigenvalue weighted by molar-refractivity contribution is -0.119. The van der Waals surface area contributed by atoms with Crippen molar-refractivity contribution in [1.82, 2.24) is 5.32 Å². The molecule has 3 aromatic carbocycles. The Kier molecular flexibility index (Phi) is 9.50. The minimum atomic E-state index is -3.98. The quantitative estimate of drug-likeness (QED) is 0.331. The van der Waals surface area contributed by atoms with Crippen molar-refractivity contribution in [3.63, 3.8) is 0 Å². The molecule has 0 aliphatic carbocycles. The first-order valence-electron chi connectivity index (χ1n) is 10.3. The summed E-state index contributed by atoms with van der Waals surface area (Å²) in [6, 6.07) is 22.6. The van der Waals surface area contributed by atoms with E-state index in [1.807, 2.05) is 18.2 Å². The van der Waals surface area contributed by atoms with Crippen LogP contribution in [0.3, 0.4) is 0 Å². The van der Waals surface area contributed by atoms with Crippen LogP contribution < -0.4 is 9.62 Å². The molecular formula is C24H24Cl2N2O3S2. The SMILES string of the molecule is O=C(CN(c1ccc(Cl)c(Cl)c1)S(=O)(=O)c1ccccc1)NCCCSCc1ccccc1. The maximum absolute atomic E-state index is 13.3. The number of carbonyl (C=O) groups is 1. The second-order valence-electron chi connectivity index (χ2n) is 7.16. The van der Waals surface area contributed by atoms with Gasteiger partial charge in [-0.15, -0.1) is 0 Å². The number of thioether (sulfide) groups is 1. The summed E-state index contributed by atoms with van der Waals surface area (Å²) in [5.74, 6) is 1.40. The number of nitrogens with one attached hydrogen (secondary N) is 1. The van der Waals surface area contributed by atoms with Crippen LogP contribution in [0.25, 0.3) is 0 Å². The minimum Gasteiger partial charge on any atom is -0.354 e. The van der Waals surface area contributed by atoms with Gasteiger partial charge in [-0.25, -0.2) is 8.42 Å². The van der Waals surface area contributed by atoms with Crippen LogP contribution in [-0.2, 0) is 20.6 Å². The van der Waals surface area contributed by atoms with Gasteiger partial charge in [0.15, 0.2) is 0 Å². The Bertz CT molecular complexity index is 1160. The van der Waals surface area contributed by atoms with Gasteiger partial charge in [-0.1, -0.05) is 71.7 Å². The summed E-state index contributed by atoms with van der Waals surface area (Å²) in [5.41, 5.74) is 1.52. The smallest absolute Gasteiger partial charge is 0.264 e. The molecule has 33 heavy (non-hydrogen) atoms. The van der Waals surface area contributed by atoms with Crippen molar-refractivity contribution >= 4 is 56.6 Å². The number of anilines is 1. The van der Waals surface area contributed by atoms with Gasteiger partial charge in [-0.2, -0.15) is 11.8 Å². The molecule has 0 aliphatic rings. The Labute approximate surface area is 209 Å². The highest BCUT2D eigenvalue weighted by molar-refractivity contribution is 7.98. The van der Waals surface area contributed by atoms with Gasteiger partial charge in [0, 0.05) is 12.3 Å². The highest BCUT2D eigenvalue weighted by Crippen LogP contribution is 2.30. The molecule has 0 fully saturated rings. The molecule has 0 aliphatic heterocycles. The van der Waals surface area contributed by atoms with E-state index in [1.165, 1.54) is 35.9 Å². The molecule has 0 spiro atoms. The number of amides is 1. The number of benzene rings is 3. The number of hydrogen-bond acceptors (Lipinski definition) is 4. The van der Waals surface area contributed by atoms with Gasteiger partial charge < -0.3 is 5.32 Å². The van der Waals surface area contributed by atoms with Crippen molar-refractivity contribution in [3.8, 4) is 0 Å². The number of nitrogens with zero attached hydrogens (tertiary/aromatic N) is 1. The monoisotopic (exact) mass is 522 g/mol. The van der Waals surface area contributed by atoms with Gasteiger partial charge in [0.05, 0.1) is 20.6 Å². The van der Waals surface area contributed by atoms with Gasteiger partial charge in [0.2, 0.25) is 5.91 Å². The van der Waals surface area contributed by atoms with Crippen LogP contribution in [0.15, 0.2) is 83.8 Å². The summed E-state index contributed by atoms with van der Waals surface area (Å²) in [6.07, 6.45) is 0.779. The molecule has 0 saturated carbocycles. The van der Waals surface area contributed by atoms with Gasteiger partial charge in [0.1, 0.15) is 6.54 Å². The second-order valence-corrected chi connectivity index (χ2v) is 10.9. The van der Waals surface area contributed by atoms with Crippen LogP contribution >= 0.6 is 35.0 Å². The molecule has 0 unspecified atom stereocenters. The van der Waals surface area contributed by atoms with Gasteiger partial charge >= 0.3 is 0 Å². The van der Waals surface area contributed by atoms with E-state index in [1.54, 1.807) is 30.0 Å². The molecule has 0 heterocycles. The topological polar surface area (TPSA) is 66.5 Å². The fraction of sp³-hybridized carbons (Fsp3) is 0.208. The van der Waals surface area contributed by atoms with Crippen LogP contribution in [-0.4, -0.2) is 33.2 Å². The minimum absolute atomic E-state index is 0.0844. The molecule has 0 radical (unpaired) electrons. The second kappa shape index (κ2) is 12.3. The summed E-state index contributed by atoms with van der Waals surface area (Å²) in [4.78, 5) is 12.7. The molecule has 0 saturated heterocycles. The zero-order chi connectivity index (χ0) is 23.7. The Morgan fingerprint density at radius 1 is 0.909 bits per heavy atom.